The van der Waals surface area contributed by atoms with Crippen LogP contribution in [0.3, 0.4) is 0 Å². The number of hydrogen-bond donors (Lipinski definition) is 2. The molecule has 0 bridgehead atoms. The summed E-state index contributed by atoms with van der Waals surface area (Å²) in [6.07, 6.45) is 0. The van der Waals surface area contributed by atoms with Crippen molar-refractivity contribution in [2.45, 2.75) is 6.92 Å². The molecule has 3 aromatic carbocycles. The van der Waals surface area contributed by atoms with Crippen molar-refractivity contribution in [2.75, 3.05) is 36.4 Å². The molecule has 0 radical (unpaired) electrons. The number of piperazine rings is 1. The van der Waals surface area contributed by atoms with Gasteiger partial charge in [0.15, 0.2) is 5.11 Å². The molecular weight excluding hydrogens is 548 g/mol. The quantitative estimate of drug-likeness (QED) is 0.405. The topological polar surface area (TPSA) is 64.7 Å². The molecule has 6 nitrogen and oxygen atoms in total. The number of hydrogen-bond acceptors (Lipinski definition) is 4. The second kappa shape index (κ2) is 11.2. The van der Waals surface area contributed by atoms with Gasteiger partial charge < -0.3 is 15.1 Å². The number of nitrogens with one attached hydrogen (secondary N) is 2. The van der Waals surface area contributed by atoms with E-state index in [1.54, 1.807) is 24.3 Å². The smallest absolute Gasteiger partial charge is 0.257 e. The van der Waals surface area contributed by atoms with E-state index in [4.69, 9.17) is 23.8 Å². The highest BCUT2D eigenvalue weighted by molar-refractivity contribution is 9.10. The highest BCUT2D eigenvalue weighted by Crippen LogP contribution is 2.30. The lowest BCUT2D eigenvalue weighted by molar-refractivity contribution is 0.0746. The van der Waals surface area contributed by atoms with Gasteiger partial charge in [-0.25, -0.2) is 0 Å². The SMILES string of the molecule is Cc1ccccc1C(=O)N1CCN(c2ccc(NC(=S)NC(=O)c3cccc(Br)c3)cc2Cl)CC1. The van der Waals surface area contributed by atoms with E-state index < -0.39 is 0 Å². The predicted octanol–water partition coefficient (Wildman–Crippen LogP) is 5.50. The van der Waals surface area contributed by atoms with Crippen LogP contribution in [0.25, 0.3) is 0 Å². The molecule has 0 unspecified atom stereocenters. The maximum Gasteiger partial charge on any atom is 0.257 e. The fourth-order valence-corrected chi connectivity index (χ4v) is 4.85. The van der Waals surface area contributed by atoms with Gasteiger partial charge in [-0.2, -0.15) is 0 Å². The molecule has 35 heavy (non-hydrogen) atoms. The lowest BCUT2D eigenvalue weighted by Crippen LogP contribution is -2.49. The van der Waals surface area contributed by atoms with Crippen molar-refractivity contribution < 1.29 is 9.59 Å². The summed E-state index contributed by atoms with van der Waals surface area (Å²) >= 11 is 15.2. The zero-order chi connectivity index (χ0) is 24.9. The number of halogens is 2. The molecule has 1 saturated heterocycles. The summed E-state index contributed by atoms with van der Waals surface area (Å²) in [5, 5.41) is 6.42. The second-order valence-corrected chi connectivity index (χ2v) is 9.91. The first-order valence-electron chi connectivity index (χ1n) is 11.1. The number of benzene rings is 3. The third-order valence-electron chi connectivity index (χ3n) is 5.80. The van der Waals surface area contributed by atoms with Gasteiger partial charge in [0.05, 0.1) is 10.7 Å². The molecule has 0 aliphatic carbocycles. The van der Waals surface area contributed by atoms with E-state index in [0.717, 1.165) is 21.3 Å². The molecule has 4 rings (SSSR count). The zero-order valence-corrected chi connectivity index (χ0v) is 22.2. The molecule has 2 amide bonds. The summed E-state index contributed by atoms with van der Waals surface area (Å²) < 4.78 is 0.812. The van der Waals surface area contributed by atoms with Crippen LogP contribution in [-0.4, -0.2) is 48.0 Å². The maximum absolute atomic E-state index is 12.9. The first kappa shape index (κ1) is 25.2. The van der Waals surface area contributed by atoms with Crippen LogP contribution in [0, 0.1) is 6.92 Å². The van der Waals surface area contributed by atoms with Gasteiger partial charge in [0.1, 0.15) is 0 Å². The highest BCUT2D eigenvalue weighted by Gasteiger charge is 2.24. The van der Waals surface area contributed by atoms with Gasteiger partial charge in [0.25, 0.3) is 11.8 Å². The number of aryl methyl sites for hydroxylation is 1. The summed E-state index contributed by atoms with van der Waals surface area (Å²) in [5.41, 5.74) is 3.79. The minimum absolute atomic E-state index is 0.0619. The molecular formula is C26H24BrClN4O2S. The number of amides is 2. The summed E-state index contributed by atoms with van der Waals surface area (Å²) in [5.74, 6) is -0.239. The molecule has 2 N–H and O–H groups in total. The standard InChI is InChI=1S/C26H24BrClN4O2S/c1-17-5-2-3-8-21(17)25(34)32-13-11-31(12-14-32)23-10-9-20(16-22(23)28)29-26(35)30-24(33)18-6-4-7-19(27)15-18/h2-10,15-16H,11-14H2,1H3,(H2,29,30,33,35). The fourth-order valence-electron chi connectivity index (χ4n) is 3.94. The molecule has 180 valence electrons. The Balaban J connectivity index is 1.34. The van der Waals surface area contributed by atoms with Crippen molar-refractivity contribution in [3.8, 4) is 0 Å². The van der Waals surface area contributed by atoms with Crippen LogP contribution >= 0.6 is 39.7 Å². The van der Waals surface area contributed by atoms with E-state index >= 15 is 0 Å². The Morgan fingerprint density at radius 1 is 0.971 bits per heavy atom. The Morgan fingerprint density at radius 2 is 1.71 bits per heavy atom. The van der Waals surface area contributed by atoms with Crippen LogP contribution < -0.4 is 15.5 Å². The van der Waals surface area contributed by atoms with Crippen LogP contribution in [0.2, 0.25) is 5.02 Å². The van der Waals surface area contributed by atoms with E-state index in [1.165, 1.54) is 0 Å². The molecule has 3 aromatic rings. The first-order valence-corrected chi connectivity index (χ1v) is 12.7. The number of carbonyl (C=O) groups excluding carboxylic acids is 2. The van der Waals surface area contributed by atoms with Gasteiger partial charge in [-0.3, -0.25) is 14.9 Å². The summed E-state index contributed by atoms with van der Waals surface area (Å²) in [7, 11) is 0. The average Bonchev–Trinajstić information content (AvgIpc) is 2.84. The average molecular weight is 572 g/mol. The van der Waals surface area contributed by atoms with E-state index in [1.807, 2.05) is 54.3 Å². The van der Waals surface area contributed by atoms with Crippen molar-refractivity contribution in [3.05, 3.63) is 92.9 Å². The van der Waals surface area contributed by atoms with Crippen LogP contribution in [-0.2, 0) is 0 Å². The number of carbonyl (C=O) groups is 2. The fraction of sp³-hybridized carbons (Fsp3) is 0.192. The van der Waals surface area contributed by atoms with E-state index in [9.17, 15) is 9.59 Å². The largest absolute Gasteiger partial charge is 0.367 e. The number of nitrogens with zero attached hydrogens (tertiary/aromatic N) is 2. The van der Waals surface area contributed by atoms with E-state index in [2.05, 4.69) is 31.5 Å². The minimum atomic E-state index is -0.301. The summed E-state index contributed by atoms with van der Waals surface area (Å²) in [6, 6.07) is 20.3. The predicted molar refractivity (Wildman–Crippen MR) is 149 cm³/mol. The lowest BCUT2D eigenvalue weighted by atomic mass is 10.1. The zero-order valence-electron chi connectivity index (χ0n) is 19.1. The van der Waals surface area contributed by atoms with Crippen LogP contribution in [0.15, 0.2) is 71.2 Å². The molecule has 0 atom stereocenters. The normalized spacial score (nSPS) is 13.3. The Labute approximate surface area is 223 Å². The van der Waals surface area contributed by atoms with Crippen molar-refractivity contribution in [2.24, 2.45) is 0 Å². The second-order valence-electron chi connectivity index (χ2n) is 8.18. The van der Waals surface area contributed by atoms with Crippen LogP contribution in [0.4, 0.5) is 11.4 Å². The lowest BCUT2D eigenvalue weighted by Gasteiger charge is -2.36. The van der Waals surface area contributed by atoms with Crippen molar-refractivity contribution in [1.82, 2.24) is 10.2 Å². The molecule has 0 saturated carbocycles. The van der Waals surface area contributed by atoms with Crippen molar-refractivity contribution >= 4 is 68.1 Å². The molecule has 1 aliphatic heterocycles. The third kappa shape index (κ3) is 6.20. The Kier molecular flexibility index (Phi) is 8.05. The molecule has 1 heterocycles. The Morgan fingerprint density at radius 3 is 2.40 bits per heavy atom. The maximum atomic E-state index is 12.9. The Hall–Kier alpha value is -2.94. The third-order valence-corrected chi connectivity index (χ3v) is 6.80. The molecule has 1 fully saturated rings. The Bertz CT molecular complexity index is 1280. The van der Waals surface area contributed by atoms with Crippen LogP contribution in [0.1, 0.15) is 26.3 Å². The van der Waals surface area contributed by atoms with Gasteiger partial charge in [0, 0.05) is 47.5 Å². The highest BCUT2D eigenvalue weighted by atomic mass is 79.9. The molecule has 0 spiro atoms. The van der Waals surface area contributed by atoms with E-state index in [0.29, 0.717) is 42.5 Å². The summed E-state index contributed by atoms with van der Waals surface area (Å²) in [6.45, 7) is 4.57. The van der Waals surface area contributed by atoms with Gasteiger partial charge in [-0.15, -0.1) is 0 Å². The molecule has 0 aromatic heterocycles. The number of thiocarbonyl (C=S) groups is 1. The number of anilines is 2. The van der Waals surface area contributed by atoms with E-state index in [-0.39, 0.29) is 16.9 Å². The van der Waals surface area contributed by atoms with Crippen molar-refractivity contribution in [1.29, 1.82) is 0 Å². The molecule has 1 aliphatic rings. The molecule has 9 heteroatoms. The van der Waals surface area contributed by atoms with Gasteiger partial charge in [-0.05, 0) is 67.2 Å². The monoisotopic (exact) mass is 570 g/mol. The van der Waals surface area contributed by atoms with Gasteiger partial charge >= 0.3 is 0 Å². The minimum Gasteiger partial charge on any atom is -0.367 e. The summed E-state index contributed by atoms with van der Waals surface area (Å²) in [4.78, 5) is 29.3. The van der Waals surface area contributed by atoms with Gasteiger partial charge in [0.2, 0.25) is 0 Å². The van der Waals surface area contributed by atoms with Crippen molar-refractivity contribution in [3.63, 3.8) is 0 Å². The number of rotatable bonds is 4. The first-order chi connectivity index (χ1) is 16.8. The van der Waals surface area contributed by atoms with Crippen LogP contribution in [0.5, 0.6) is 0 Å². The van der Waals surface area contributed by atoms with Gasteiger partial charge in [-0.1, -0.05) is 51.8 Å².